The number of hydrogen-bond donors (Lipinski definition) is 2. The highest BCUT2D eigenvalue weighted by molar-refractivity contribution is 5.93. The standard InChI is InChI=1S/C33H33F3N4O5/c1-38-16-13-28(41)40(31(38)45)27-12-6-10-24-23(9-5-11-25(24)27)19-26(29(42)43)37-30(44)32(20-22-7-3-2-4-8-22)14-17-39(18-15-32)21-33(34,35)36/h2-13,16,26H,14-15,17-21H2,1H3,(H,37,44)(H,42,43)/t26-/m0/s1. The lowest BCUT2D eigenvalue weighted by atomic mass is 9.72. The van der Waals surface area contributed by atoms with Crippen molar-refractivity contribution >= 4 is 22.6 Å². The second-order valence-electron chi connectivity index (χ2n) is 11.6. The summed E-state index contributed by atoms with van der Waals surface area (Å²) in [5, 5.41) is 14.1. The molecule has 1 aliphatic heterocycles. The first-order valence-corrected chi connectivity index (χ1v) is 14.5. The molecule has 3 aromatic carbocycles. The maximum Gasteiger partial charge on any atom is 0.401 e. The molecule has 45 heavy (non-hydrogen) atoms. The van der Waals surface area contributed by atoms with Crippen molar-refractivity contribution in [3.8, 4) is 5.69 Å². The van der Waals surface area contributed by atoms with E-state index in [0.29, 0.717) is 22.0 Å². The fraction of sp³-hybridized carbons (Fsp3) is 0.333. The number of aliphatic carboxylic acids is 1. The Bertz CT molecular complexity index is 1830. The van der Waals surface area contributed by atoms with Crippen LogP contribution < -0.4 is 16.6 Å². The number of benzene rings is 3. The molecular weight excluding hydrogens is 589 g/mol. The fourth-order valence-corrected chi connectivity index (χ4v) is 6.11. The number of rotatable bonds is 9. The first-order valence-electron chi connectivity index (χ1n) is 14.5. The van der Waals surface area contributed by atoms with E-state index in [9.17, 15) is 37.5 Å². The summed E-state index contributed by atoms with van der Waals surface area (Å²) in [4.78, 5) is 53.2. The van der Waals surface area contributed by atoms with Gasteiger partial charge < -0.3 is 15.0 Å². The van der Waals surface area contributed by atoms with E-state index in [0.717, 1.165) is 10.1 Å². The molecule has 0 unspecified atom stereocenters. The average Bonchev–Trinajstić information content (AvgIpc) is 3.00. The van der Waals surface area contributed by atoms with Crippen LogP contribution in [-0.4, -0.2) is 62.9 Å². The Morgan fingerprint density at radius 3 is 2.27 bits per heavy atom. The molecule has 1 aliphatic rings. The highest BCUT2D eigenvalue weighted by atomic mass is 19.4. The molecule has 2 N–H and O–H groups in total. The van der Waals surface area contributed by atoms with E-state index in [-0.39, 0.29) is 38.8 Å². The van der Waals surface area contributed by atoms with E-state index in [2.05, 4.69) is 5.32 Å². The van der Waals surface area contributed by atoms with E-state index in [1.807, 2.05) is 30.3 Å². The molecule has 4 aromatic rings. The molecule has 1 fully saturated rings. The minimum Gasteiger partial charge on any atom is -0.480 e. The van der Waals surface area contributed by atoms with Gasteiger partial charge in [0.2, 0.25) is 5.91 Å². The van der Waals surface area contributed by atoms with Crippen LogP contribution in [0.2, 0.25) is 0 Å². The molecule has 0 bridgehead atoms. The van der Waals surface area contributed by atoms with E-state index in [1.54, 1.807) is 36.4 Å². The minimum absolute atomic E-state index is 0.0436. The van der Waals surface area contributed by atoms with Gasteiger partial charge in [-0.25, -0.2) is 14.2 Å². The van der Waals surface area contributed by atoms with Crippen LogP contribution in [0.25, 0.3) is 16.5 Å². The third kappa shape index (κ3) is 7.01. The Kier molecular flexibility index (Phi) is 8.96. The Morgan fingerprint density at radius 1 is 0.933 bits per heavy atom. The summed E-state index contributed by atoms with van der Waals surface area (Å²) >= 11 is 0. The van der Waals surface area contributed by atoms with E-state index < -0.39 is 47.3 Å². The van der Waals surface area contributed by atoms with Gasteiger partial charge in [0.25, 0.3) is 5.56 Å². The molecule has 1 atom stereocenters. The number of nitrogens with zero attached hydrogens (tertiary/aromatic N) is 3. The van der Waals surface area contributed by atoms with Gasteiger partial charge in [-0.1, -0.05) is 60.7 Å². The monoisotopic (exact) mass is 622 g/mol. The van der Waals surface area contributed by atoms with Crippen molar-refractivity contribution in [2.75, 3.05) is 19.6 Å². The van der Waals surface area contributed by atoms with Crippen molar-refractivity contribution in [2.24, 2.45) is 12.5 Å². The van der Waals surface area contributed by atoms with Gasteiger partial charge in [-0.05, 0) is 54.9 Å². The number of fused-ring (bicyclic) bond motifs is 1. The van der Waals surface area contributed by atoms with E-state index >= 15 is 0 Å². The molecule has 1 amide bonds. The average molecular weight is 623 g/mol. The van der Waals surface area contributed by atoms with Gasteiger partial charge in [-0.15, -0.1) is 0 Å². The number of aromatic nitrogens is 2. The Balaban J connectivity index is 1.44. The summed E-state index contributed by atoms with van der Waals surface area (Å²) in [5.74, 6) is -1.79. The molecule has 236 valence electrons. The van der Waals surface area contributed by atoms with Crippen LogP contribution >= 0.6 is 0 Å². The van der Waals surface area contributed by atoms with Crippen LogP contribution in [0.5, 0.6) is 0 Å². The van der Waals surface area contributed by atoms with Crippen LogP contribution in [0.15, 0.2) is 88.6 Å². The summed E-state index contributed by atoms with van der Waals surface area (Å²) in [6.07, 6.45) is -2.57. The van der Waals surface area contributed by atoms with Gasteiger partial charge in [0.1, 0.15) is 6.04 Å². The number of piperidine rings is 1. The first-order chi connectivity index (χ1) is 21.4. The summed E-state index contributed by atoms with van der Waals surface area (Å²) in [6.45, 7) is -0.984. The lowest BCUT2D eigenvalue weighted by Gasteiger charge is -2.41. The highest BCUT2D eigenvalue weighted by Gasteiger charge is 2.44. The summed E-state index contributed by atoms with van der Waals surface area (Å²) in [6, 6.07) is 19.2. The van der Waals surface area contributed by atoms with E-state index in [4.69, 9.17) is 0 Å². The minimum atomic E-state index is -4.37. The number of amides is 1. The number of carboxylic acid groups (broad SMARTS) is 1. The number of carbonyl (C=O) groups is 2. The van der Waals surface area contributed by atoms with Crippen LogP contribution in [0.3, 0.4) is 0 Å². The van der Waals surface area contributed by atoms with Crippen LogP contribution in [-0.2, 0) is 29.5 Å². The third-order valence-electron chi connectivity index (χ3n) is 8.49. The van der Waals surface area contributed by atoms with Gasteiger partial charge in [-0.2, -0.15) is 13.2 Å². The second kappa shape index (κ2) is 12.7. The lowest BCUT2D eigenvalue weighted by Crippen LogP contribution is -2.54. The fourth-order valence-electron chi connectivity index (χ4n) is 6.11. The third-order valence-corrected chi connectivity index (χ3v) is 8.49. The SMILES string of the molecule is Cn1ccc(=O)n(-c2cccc3c(C[C@H](NC(=O)C4(Cc5ccccc5)CCN(CC(F)(F)F)CC4)C(=O)O)cccc23)c1=O. The van der Waals surface area contributed by atoms with Crippen LogP contribution in [0, 0.1) is 5.41 Å². The zero-order chi connectivity index (χ0) is 32.4. The molecule has 9 nitrogen and oxygen atoms in total. The van der Waals surface area contributed by atoms with Gasteiger partial charge >= 0.3 is 17.8 Å². The summed E-state index contributed by atoms with van der Waals surface area (Å²) in [7, 11) is 1.53. The van der Waals surface area contributed by atoms with Gasteiger partial charge in [0, 0.05) is 31.1 Å². The van der Waals surface area contributed by atoms with Crippen molar-refractivity contribution in [1.29, 1.82) is 0 Å². The predicted molar refractivity (Wildman–Crippen MR) is 162 cm³/mol. The molecule has 1 aromatic heterocycles. The Hall–Kier alpha value is -4.71. The molecule has 1 saturated heterocycles. The zero-order valence-corrected chi connectivity index (χ0v) is 24.6. The Morgan fingerprint density at radius 2 is 1.60 bits per heavy atom. The van der Waals surface area contributed by atoms with Gasteiger partial charge in [0.15, 0.2) is 0 Å². The van der Waals surface area contributed by atoms with Crippen molar-refractivity contribution in [2.45, 2.75) is 37.9 Å². The number of nitrogens with one attached hydrogen (secondary N) is 1. The van der Waals surface area contributed by atoms with Crippen molar-refractivity contribution in [1.82, 2.24) is 19.4 Å². The van der Waals surface area contributed by atoms with E-state index in [1.165, 1.54) is 28.8 Å². The number of hydrogen-bond acceptors (Lipinski definition) is 5. The molecule has 5 rings (SSSR count). The van der Waals surface area contributed by atoms with Gasteiger partial charge in [0.05, 0.1) is 17.6 Å². The molecule has 12 heteroatoms. The number of alkyl halides is 3. The Labute approximate surface area is 256 Å². The smallest absolute Gasteiger partial charge is 0.401 e. The van der Waals surface area contributed by atoms with Crippen molar-refractivity contribution < 1.29 is 27.9 Å². The number of carbonyl (C=O) groups excluding carboxylic acids is 1. The number of halogens is 3. The second-order valence-corrected chi connectivity index (χ2v) is 11.6. The van der Waals surface area contributed by atoms with Gasteiger partial charge in [-0.3, -0.25) is 14.5 Å². The number of aryl methyl sites for hydroxylation is 1. The quantitative estimate of drug-likeness (QED) is 0.295. The normalized spacial score (nSPS) is 15.9. The molecule has 0 spiro atoms. The molecule has 0 saturated carbocycles. The van der Waals surface area contributed by atoms with Crippen LogP contribution in [0.4, 0.5) is 13.2 Å². The van der Waals surface area contributed by atoms with Crippen LogP contribution in [0.1, 0.15) is 24.0 Å². The largest absolute Gasteiger partial charge is 0.480 e. The molecular formula is C33H33F3N4O5. The molecule has 2 heterocycles. The first kappa shape index (κ1) is 31.7. The molecule has 0 radical (unpaired) electrons. The maximum atomic E-state index is 13.9. The summed E-state index contributed by atoms with van der Waals surface area (Å²) in [5.41, 5.74) is -0.424. The number of carboxylic acids is 1. The summed E-state index contributed by atoms with van der Waals surface area (Å²) < 4.78 is 41.5. The zero-order valence-electron chi connectivity index (χ0n) is 24.6. The maximum absolute atomic E-state index is 13.9. The lowest BCUT2D eigenvalue weighted by molar-refractivity contribution is -0.154. The molecule has 0 aliphatic carbocycles. The van der Waals surface area contributed by atoms with Crippen molar-refractivity contribution in [3.05, 3.63) is 111 Å². The number of likely N-dealkylation sites (tertiary alicyclic amines) is 1. The topological polar surface area (TPSA) is 114 Å². The highest BCUT2D eigenvalue weighted by Crippen LogP contribution is 2.37. The van der Waals surface area contributed by atoms with Crippen molar-refractivity contribution in [3.63, 3.8) is 0 Å². The predicted octanol–water partition coefficient (Wildman–Crippen LogP) is 3.69.